The molecule has 1 aromatic carbocycles. The number of benzene rings is 1. The second kappa shape index (κ2) is 9.36. The Kier molecular flexibility index (Phi) is 6.59. The van der Waals surface area contributed by atoms with E-state index in [4.69, 9.17) is 0 Å². The van der Waals surface area contributed by atoms with E-state index in [0.29, 0.717) is 23.2 Å². The van der Waals surface area contributed by atoms with Crippen LogP contribution in [0.25, 0.3) is 0 Å². The van der Waals surface area contributed by atoms with Crippen molar-refractivity contribution in [3.63, 3.8) is 0 Å². The minimum Gasteiger partial charge on any atom is -0.386 e. The molecule has 1 aromatic rings. The average Bonchev–Trinajstić information content (AvgIpc) is 3.20. The van der Waals surface area contributed by atoms with Gasteiger partial charge in [0.05, 0.1) is 11.4 Å². The lowest BCUT2D eigenvalue weighted by Crippen LogP contribution is -2.50. The molecule has 0 aromatic heterocycles. The van der Waals surface area contributed by atoms with E-state index in [1.165, 1.54) is 57.8 Å². The highest BCUT2D eigenvalue weighted by atomic mass is 16.1. The van der Waals surface area contributed by atoms with E-state index in [-0.39, 0.29) is 5.91 Å². The van der Waals surface area contributed by atoms with Crippen LogP contribution in [0, 0.1) is 40.4 Å². The summed E-state index contributed by atoms with van der Waals surface area (Å²) < 4.78 is 0. The van der Waals surface area contributed by atoms with Crippen molar-refractivity contribution >= 4 is 17.3 Å². The van der Waals surface area contributed by atoms with Crippen LogP contribution in [-0.2, 0) is 4.79 Å². The molecule has 2 N–H and O–H groups in total. The number of fused-ring (bicyclic) bond motifs is 5. The molecule has 4 aliphatic rings. The summed E-state index contributed by atoms with van der Waals surface area (Å²) in [6, 6.07) is 7.95. The van der Waals surface area contributed by atoms with Gasteiger partial charge in [0.1, 0.15) is 0 Å². The van der Waals surface area contributed by atoms with Crippen LogP contribution in [0.5, 0.6) is 0 Å². The fraction of sp³-hybridized carbons (Fsp3) is 0.710. The van der Waals surface area contributed by atoms with Crippen molar-refractivity contribution in [1.29, 1.82) is 0 Å². The zero-order valence-electron chi connectivity index (χ0n) is 22.0. The van der Waals surface area contributed by atoms with Gasteiger partial charge in [-0.15, -0.1) is 0 Å². The number of para-hydroxylation sites is 2. The van der Waals surface area contributed by atoms with Crippen molar-refractivity contribution in [2.75, 3.05) is 17.7 Å². The third-order valence-electron chi connectivity index (χ3n) is 11.1. The Hall–Kier alpha value is -1.77. The number of carbonyl (C=O) groups is 1. The molecule has 186 valence electrons. The Balaban J connectivity index is 1.23. The van der Waals surface area contributed by atoms with Gasteiger partial charge in [0.2, 0.25) is 5.91 Å². The normalized spacial score (nSPS) is 37.6. The van der Waals surface area contributed by atoms with E-state index in [1.54, 1.807) is 0 Å². The van der Waals surface area contributed by atoms with Gasteiger partial charge in [-0.3, -0.25) is 4.79 Å². The average molecular weight is 463 g/mol. The number of anilines is 2. The Labute approximate surface area is 207 Å². The standard InChI is InChI=1S/C31H46N2O/c1-21(12-17-29(34)33-28-11-6-5-10-27(28)32-4)24-15-16-25-23-14-13-22-9-7-8-19-30(22,2)26(23)18-20-31(24,25)3/h5-6,10-11,13,21,23-26,32H,7-9,12,14-20H2,1-4H3,(H,33,34). The summed E-state index contributed by atoms with van der Waals surface area (Å²) in [5.41, 5.74) is 4.63. The number of rotatable bonds is 6. The molecule has 3 nitrogen and oxygen atoms in total. The molecule has 3 heteroatoms. The van der Waals surface area contributed by atoms with Crippen molar-refractivity contribution in [3.05, 3.63) is 35.9 Å². The second-order valence-corrected chi connectivity index (χ2v) is 12.6. The highest BCUT2D eigenvalue weighted by Gasteiger charge is 2.58. The minimum atomic E-state index is 0.146. The molecule has 7 atom stereocenters. The molecule has 3 saturated carbocycles. The van der Waals surface area contributed by atoms with Gasteiger partial charge < -0.3 is 10.6 Å². The predicted octanol–water partition coefficient (Wildman–Crippen LogP) is 8.05. The van der Waals surface area contributed by atoms with Crippen molar-refractivity contribution < 1.29 is 4.79 Å². The van der Waals surface area contributed by atoms with Gasteiger partial charge in [0.25, 0.3) is 0 Å². The molecular formula is C31H46N2O. The molecule has 4 aliphatic carbocycles. The van der Waals surface area contributed by atoms with Crippen LogP contribution < -0.4 is 10.6 Å². The Morgan fingerprint density at radius 2 is 1.85 bits per heavy atom. The van der Waals surface area contributed by atoms with E-state index in [2.05, 4.69) is 37.5 Å². The second-order valence-electron chi connectivity index (χ2n) is 12.6. The van der Waals surface area contributed by atoms with E-state index in [0.717, 1.165) is 41.5 Å². The smallest absolute Gasteiger partial charge is 0.224 e. The molecule has 0 heterocycles. The highest BCUT2D eigenvalue weighted by molar-refractivity contribution is 5.94. The lowest BCUT2D eigenvalue weighted by Gasteiger charge is -2.58. The summed E-state index contributed by atoms with van der Waals surface area (Å²) in [6.45, 7) is 7.69. The molecule has 0 saturated heterocycles. The SMILES string of the molecule is CNc1ccccc1NC(=O)CCC(C)C1CCC2C3CC=C4CCCCC4(C)C3CCC12C. The zero-order chi connectivity index (χ0) is 23.9. The van der Waals surface area contributed by atoms with E-state index in [9.17, 15) is 4.79 Å². The molecule has 0 aliphatic heterocycles. The predicted molar refractivity (Wildman–Crippen MR) is 143 cm³/mol. The molecule has 1 amide bonds. The molecule has 7 unspecified atom stereocenters. The topological polar surface area (TPSA) is 41.1 Å². The fourth-order valence-electron chi connectivity index (χ4n) is 9.26. The van der Waals surface area contributed by atoms with E-state index < -0.39 is 0 Å². The summed E-state index contributed by atoms with van der Waals surface area (Å²) in [5.74, 6) is 4.21. The molecule has 34 heavy (non-hydrogen) atoms. The molecule has 3 fully saturated rings. The minimum absolute atomic E-state index is 0.146. The molecule has 0 radical (unpaired) electrons. The summed E-state index contributed by atoms with van der Waals surface area (Å²) in [7, 11) is 1.90. The first kappa shape index (κ1) is 23.9. The van der Waals surface area contributed by atoms with E-state index in [1.807, 2.05) is 36.9 Å². The third-order valence-corrected chi connectivity index (χ3v) is 11.1. The van der Waals surface area contributed by atoms with Crippen molar-refractivity contribution in [2.45, 2.75) is 91.4 Å². The van der Waals surface area contributed by atoms with Gasteiger partial charge in [-0.05, 0) is 110 Å². The zero-order valence-corrected chi connectivity index (χ0v) is 22.0. The molecule has 5 rings (SSSR count). The van der Waals surface area contributed by atoms with Crippen LogP contribution in [0.3, 0.4) is 0 Å². The summed E-state index contributed by atoms with van der Waals surface area (Å²) >= 11 is 0. The first-order chi connectivity index (χ1) is 16.4. The van der Waals surface area contributed by atoms with Crippen molar-refractivity contribution in [3.8, 4) is 0 Å². The quantitative estimate of drug-likeness (QED) is 0.420. The van der Waals surface area contributed by atoms with Crippen LogP contribution in [0.1, 0.15) is 91.4 Å². The first-order valence-corrected chi connectivity index (χ1v) is 14.1. The van der Waals surface area contributed by atoms with Gasteiger partial charge in [-0.25, -0.2) is 0 Å². The monoisotopic (exact) mass is 462 g/mol. The van der Waals surface area contributed by atoms with Crippen LogP contribution in [-0.4, -0.2) is 13.0 Å². The third kappa shape index (κ3) is 4.01. The van der Waals surface area contributed by atoms with Gasteiger partial charge in [0, 0.05) is 13.5 Å². The van der Waals surface area contributed by atoms with Crippen LogP contribution in [0.4, 0.5) is 11.4 Å². The van der Waals surface area contributed by atoms with Crippen molar-refractivity contribution in [2.24, 2.45) is 40.4 Å². The van der Waals surface area contributed by atoms with Crippen LogP contribution in [0.15, 0.2) is 35.9 Å². The van der Waals surface area contributed by atoms with Crippen molar-refractivity contribution in [1.82, 2.24) is 0 Å². The Morgan fingerprint density at radius 3 is 2.65 bits per heavy atom. The van der Waals surface area contributed by atoms with Gasteiger partial charge >= 0.3 is 0 Å². The number of hydrogen-bond donors (Lipinski definition) is 2. The fourth-order valence-corrected chi connectivity index (χ4v) is 9.26. The Morgan fingerprint density at radius 1 is 1.06 bits per heavy atom. The number of allylic oxidation sites excluding steroid dienone is 2. The lowest BCUT2D eigenvalue weighted by molar-refractivity contribution is -0.116. The number of nitrogens with one attached hydrogen (secondary N) is 2. The van der Waals surface area contributed by atoms with Gasteiger partial charge in [-0.1, -0.05) is 51.0 Å². The highest BCUT2D eigenvalue weighted by Crippen LogP contribution is 2.67. The summed E-state index contributed by atoms with van der Waals surface area (Å²) in [6.07, 6.45) is 16.9. The maximum absolute atomic E-state index is 12.8. The maximum Gasteiger partial charge on any atom is 0.224 e. The number of amides is 1. The molecule has 0 spiro atoms. The first-order valence-electron chi connectivity index (χ1n) is 14.1. The van der Waals surface area contributed by atoms with Gasteiger partial charge in [-0.2, -0.15) is 0 Å². The van der Waals surface area contributed by atoms with Gasteiger partial charge in [0.15, 0.2) is 0 Å². The molecular weight excluding hydrogens is 416 g/mol. The Bertz CT molecular complexity index is 937. The van der Waals surface area contributed by atoms with Crippen LogP contribution in [0.2, 0.25) is 0 Å². The number of carbonyl (C=O) groups excluding carboxylic acids is 1. The van der Waals surface area contributed by atoms with Crippen LogP contribution >= 0.6 is 0 Å². The van der Waals surface area contributed by atoms with E-state index >= 15 is 0 Å². The lowest BCUT2D eigenvalue weighted by atomic mass is 9.47. The number of hydrogen-bond acceptors (Lipinski definition) is 2. The molecule has 0 bridgehead atoms. The largest absolute Gasteiger partial charge is 0.386 e. The summed E-state index contributed by atoms with van der Waals surface area (Å²) in [5, 5.41) is 6.30. The summed E-state index contributed by atoms with van der Waals surface area (Å²) in [4.78, 5) is 12.8. The maximum atomic E-state index is 12.8.